The van der Waals surface area contributed by atoms with E-state index in [4.69, 9.17) is 10.7 Å². The lowest BCUT2D eigenvalue weighted by Gasteiger charge is -2.49. The van der Waals surface area contributed by atoms with E-state index in [-0.39, 0.29) is 29.5 Å². The Bertz CT molecular complexity index is 536. The fourth-order valence-electron chi connectivity index (χ4n) is 3.82. The van der Waals surface area contributed by atoms with Crippen molar-refractivity contribution in [3.63, 3.8) is 0 Å². The number of piperidine rings is 2. The standard InChI is InChI=1S/C18H30N6.HI/c1-23-13-8-18(9-14-23,24-11-5-2-6-12-24)15-21-17(19)22-16-7-3-4-10-20-16;/h3-4,7,10H,2,5-6,8-9,11-15H2,1H3,(H3,19,20,21,22);1H. The molecule has 3 rings (SSSR count). The third-order valence-electron chi connectivity index (χ3n) is 5.41. The molecule has 3 heterocycles. The minimum atomic E-state index is 0. The van der Waals surface area contributed by atoms with E-state index in [1.807, 2.05) is 18.2 Å². The van der Waals surface area contributed by atoms with Gasteiger partial charge in [0.15, 0.2) is 5.96 Å². The Labute approximate surface area is 168 Å². The van der Waals surface area contributed by atoms with Gasteiger partial charge in [-0.1, -0.05) is 12.5 Å². The van der Waals surface area contributed by atoms with Gasteiger partial charge in [-0.3, -0.25) is 9.89 Å². The molecule has 3 N–H and O–H groups in total. The summed E-state index contributed by atoms with van der Waals surface area (Å²) in [4.78, 5) is 14.0. The predicted octanol–water partition coefficient (Wildman–Crippen LogP) is 2.38. The molecule has 140 valence electrons. The van der Waals surface area contributed by atoms with Gasteiger partial charge in [-0.05, 0) is 71.0 Å². The van der Waals surface area contributed by atoms with Gasteiger partial charge >= 0.3 is 0 Å². The van der Waals surface area contributed by atoms with Crippen LogP contribution in [0.2, 0.25) is 0 Å². The molecule has 2 aliphatic heterocycles. The van der Waals surface area contributed by atoms with E-state index in [1.54, 1.807) is 6.20 Å². The quantitative estimate of drug-likeness (QED) is 0.412. The van der Waals surface area contributed by atoms with Crippen molar-refractivity contribution in [1.29, 1.82) is 0 Å². The van der Waals surface area contributed by atoms with E-state index >= 15 is 0 Å². The number of nitrogens with two attached hydrogens (primary N) is 1. The van der Waals surface area contributed by atoms with E-state index in [9.17, 15) is 0 Å². The van der Waals surface area contributed by atoms with Gasteiger partial charge in [0.25, 0.3) is 0 Å². The van der Waals surface area contributed by atoms with Crippen molar-refractivity contribution in [3.05, 3.63) is 24.4 Å². The zero-order chi connectivity index (χ0) is 16.8. The average Bonchev–Trinajstić information content (AvgIpc) is 2.63. The second-order valence-electron chi connectivity index (χ2n) is 7.12. The number of aromatic nitrogens is 1. The number of pyridine rings is 1. The Morgan fingerprint density at radius 1 is 1.20 bits per heavy atom. The van der Waals surface area contributed by atoms with E-state index in [0.29, 0.717) is 5.96 Å². The zero-order valence-electron chi connectivity index (χ0n) is 15.2. The molecule has 0 atom stereocenters. The number of nitrogens with zero attached hydrogens (tertiary/aromatic N) is 4. The number of hydrogen-bond acceptors (Lipinski definition) is 4. The summed E-state index contributed by atoms with van der Waals surface area (Å²) >= 11 is 0. The van der Waals surface area contributed by atoms with Crippen LogP contribution in [0.1, 0.15) is 32.1 Å². The zero-order valence-corrected chi connectivity index (χ0v) is 17.5. The molecule has 0 radical (unpaired) electrons. The molecule has 2 aliphatic rings. The number of rotatable bonds is 4. The van der Waals surface area contributed by atoms with Crippen LogP contribution in [0.4, 0.5) is 5.82 Å². The van der Waals surface area contributed by atoms with E-state index < -0.39 is 0 Å². The van der Waals surface area contributed by atoms with Crippen molar-refractivity contribution in [2.45, 2.75) is 37.6 Å². The molecular formula is C18H31IN6. The first-order chi connectivity index (χ1) is 11.7. The topological polar surface area (TPSA) is 69.8 Å². The Kier molecular flexibility index (Phi) is 7.89. The fourth-order valence-corrected chi connectivity index (χ4v) is 3.82. The van der Waals surface area contributed by atoms with E-state index in [2.05, 4.69) is 27.1 Å². The van der Waals surface area contributed by atoms with Gasteiger partial charge in [0.05, 0.1) is 6.54 Å². The van der Waals surface area contributed by atoms with Gasteiger partial charge in [-0.2, -0.15) is 0 Å². The normalized spacial score (nSPS) is 22.2. The third kappa shape index (κ3) is 5.52. The fraction of sp³-hybridized carbons (Fsp3) is 0.667. The van der Waals surface area contributed by atoms with Crippen LogP contribution in [0.15, 0.2) is 29.4 Å². The highest BCUT2D eigenvalue weighted by Gasteiger charge is 2.39. The lowest BCUT2D eigenvalue weighted by atomic mass is 9.84. The Morgan fingerprint density at radius 2 is 1.92 bits per heavy atom. The lowest BCUT2D eigenvalue weighted by Crippen LogP contribution is -2.58. The number of hydrogen-bond donors (Lipinski definition) is 2. The Balaban J connectivity index is 0.00000225. The largest absolute Gasteiger partial charge is 0.370 e. The minimum absolute atomic E-state index is 0. The second-order valence-corrected chi connectivity index (χ2v) is 7.12. The average molecular weight is 458 g/mol. The molecule has 2 fully saturated rings. The molecule has 0 saturated carbocycles. The molecule has 6 nitrogen and oxygen atoms in total. The second kappa shape index (κ2) is 9.68. The summed E-state index contributed by atoms with van der Waals surface area (Å²) in [6.07, 6.45) is 8.07. The van der Waals surface area contributed by atoms with E-state index in [0.717, 1.165) is 25.5 Å². The van der Waals surface area contributed by atoms with Gasteiger partial charge in [-0.15, -0.1) is 24.0 Å². The minimum Gasteiger partial charge on any atom is -0.370 e. The summed E-state index contributed by atoms with van der Waals surface area (Å²) in [5.41, 5.74) is 6.28. The highest BCUT2D eigenvalue weighted by Crippen LogP contribution is 2.31. The van der Waals surface area contributed by atoms with Crippen molar-refractivity contribution < 1.29 is 0 Å². The summed E-state index contributed by atoms with van der Waals surface area (Å²) < 4.78 is 0. The molecule has 2 saturated heterocycles. The van der Waals surface area contributed by atoms with Gasteiger partial charge in [0.2, 0.25) is 0 Å². The van der Waals surface area contributed by atoms with E-state index in [1.165, 1.54) is 45.2 Å². The molecule has 1 aromatic heterocycles. The van der Waals surface area contributed by atoms with Crippen molar-refractivity contribution in [2.24, 2.45) is 10.7 Å². The van der Waals surface area contributed by atoms with Crippen LogP contribution in [-0.4, -0.2) is 66.1 Å². The molecule has 25 heavy (non-hydrogen) atoms. The lowest BCUT2D eigenvalue weighted by molar-refractivity contribution is 0.0209. The van der Waals surface area contributed by atoms with Crippen LogP contribution in [-0.2, 0) is 0 Å². The Morgan fingerprint density at radius 3 is 2.56 bits per heavy atom. The van der Waals surface area contributed by atoms with Crippen molar-refractivity contribution in [2.75, 3.05) is 45.1 Å². The van der Waals surface area contributed by atoms with Crippen LogP contribution in [0.3, 0.4) is 0 Å². The summed E-state index contributed by atoms with van der Waals surface area (Å²) in [6, 6.07) is 5.73. The van der Waals surface area contributed by atoms with Crippen molar-refractivity contribution in [1.82, 2.24) is 14.8 Å². The molecule has 0 spiro atoms. The number of nitrogens with one attached hydrogen (secondary N) is 1. The Hall–Kier alpha value is -0.930. The SMILES string of the molecule is CN1CCC(CN=C(N)Nc2ccccn2)(N2CCCCC2)CC1.I. The number of likely N-dealkylation sites (tertiary alicyclic amines) is 2. The molecule has 7 heteroatoms. The van der Waals surface area contributed by atoms with Gasteiger partial charge in [0, 0.05) is 11.7 Å². The van der Waals surface area contributed by atoms with Crippen LogP contribution < -0.4 is 11.1 Å². The highest BCUT2D eigenvalue weighted by molar-refractivity contribution is 14.0. The molecule has 0 aliphatic carbocycles. The van der Waals surface area contributed by atoms with Crippen molar-refractivity contribution >= 4 is 35.8 Å². The molecule has 0 bridgehead atoms. The van der Waals surface area contributed by atoms with Gasteiger partial charge < -0.3 is 16.0 Å². The van der Waals surface area contributed by atoms with Crippen molar-refractivity contribution in [3.8, 4) is 0 Å². The van der Waals surface area contributed by atoms with Crippen LogP contribution in [0.5, 0.6) is 0 Å². The monoisotopic (exact) mass is 458 g/mol. The smallest absolute Gasteiger partial charge is 0.194 e. The predicted molar refractivity (Wildman–Crippen MR) is 115 cm³/mol. The summed E-state index contributed by atoms with van der Waals surface area (Å²) in [5, 5.41) is 3.10. The van der Waals surface area contributed by atoms with Crippen LogP contribution >= 0.6 is 24.0 Å². The molecule has 0 aromatic carbocycles. The maximum Gasteiger partial charge on any atom is 0.194 e. The molecular weight excluding hydrogens is 427 g/mol. The summed E-state index contributed by atoms with van der Waals surface area (Å²) in [5.74, 6) is 1.21. The first-order valence-electron chi connectivity index (χ1n) is 9.10. The highest BCUT2D eigenvalue weighted by atomic mass is 127. The third-order valence-corrected chi connectivity index (χ3v) is 5.41. The van der Waals surface area contributed by atoms with Crippen LogP contribution in [0.25, 0.3) is 0 Å². The summed E-state index contributed by atoms with van der Waals surface area (Å²) in [7, 11) is 2.21. The number of halogens is 1. The van der Waals surface area contributed by atoms with Gasteiger partial charge in [0.1, 0.15) is 5.82 Å². The molecule has 1 aromatic rings. The maximum atomic E-state index is 6.11. The summed E-state index contributed by atoms with van der Waals surface area (Å²) in [6.45, 7) is 5.45. The molecule has 0 unspecified atom stereocenters. The number of anilines is 1. The molecule has 0 amide bonds. The number of guanidine groups is 1. The first-order valence-corrected chi connectivity index (χ1v) is 9.10. The maximum absolute atomic E-state index is 6.11. The van der Waals surface area contributed by atoms with Gasteiger partial charge in [-0.25, -0.2) is 4.98 Å². The first kappa shape index (κ1) is 20.4. The van der Waals surface area contributed by atoms with Crippen LogP contribution in [0, 0.1) is 0 Å². The number of aliphatic imine (C=N–C) groups is 1.